The maximum atomic E-state index is 10.8. The highest BCUT2D eigenvalue weighted by atomic mass is 16.5. The second-order valence-corrected chi connectivity index (χ2v) is 3.83. The van der Waals surface area contributed by atoms with Crippen molar-refractivity contribution < 1.29 is 14.3 Å². The predicted octanol–water partition coefficient (Wildman–Crippen LogP) is 1.20. The third-order valence-electron chi connectivity index (χ3n) is 1.96. The summed E-state index contributed by atoms with van der Waals surface area (Å²) in [6.07, 6.45) is 1.50. The standard InChI is InChI=1S/C11H23NO3/c1-10(2)4-6-14-8-9-15-7-5-11(13)12-3/h10H,4-9H2,1-3H3,(H,12,13). The van der Waals surface area contributed by atoms with Crippen LogP contribution in [0.25, 0.3) is 0 Å². The predicted molar refractivity (Wildman–Crippen MR) is 59.8 cm³/mol. The summed E-state index contributed by atoms with van der Waals surface area (Å²) in [5.41, 5.74) is 0. The van der Waals surface area contributed by atoms with E-state index in [1.807, 2.05) is 0 Å². The molecule has 0 aromatic rings. The summed E-state index contributed by atoms with van der Waals surface area (Å²) in [6, 6.07) is 0. The van der Waals surface area contributed by atoms with Crippen LogP contribution in [0.2, 0.25) is 0 Å². The van der Waals surface area contributed by atoms with E-state index in [1.54, 1.807) is 7.05 Å². The Labute approximate surface area is 92.3 Å². The van der Waals surface area contributed by atoms with Crippen molar-refractivity contribution in [3.63, 3.8) is 0 Å². The van der Waals surface area contributed by atoms with Gasteiger partial charge in [0.05, 0.1) is 19.8 Å². The first kappa shape index (κ1) is 14.4. The Hall–Kier alpha value is -0.610. The molecule has 0 aliphatic carbocycles. The first-order valence-corrected chi connectivity index (χ1v) is 5.53. The molecule has 4 nitrogen and oxygen atoms in total. The number of rotatable bonds is 9. The van der Waals surface area contributed by atoms with Gasteiger partial charge in [-0.1, -0.05) is 13.8 Å². The van der Waals surface area contributed by atoms with Crippen molar-refractivity contribution >= 4 is 5.91 Å². The SMILES string of the molecule is CNC(=O)CCOCCOCCC(C)C. The molecule has 0 saturated carbocycles. The van der Waals surface area contributed by atoms with E-state index in [0.29, 0.717) is 32.2 Å². The maximum Gasteiger partial charge on any atom is 0.222 e. The van der Waals surface area contributed by atoms with Gasteiger partial charge in [-0.2, -0.15) is 0 Å². The molecular weight excluding hydrogens is 194 g/mol. The Morgan fingerprint density at radius 1 is 1.13 bits per heavy atom. The molecule has 0 aromatic carbocycles. The van der Waals surface area contributed by atoms with Crippen LogP contribution in [0.4, 0.5) is 0 Å². The van der Waals surface area contributed by atoms with Gasteiger partial charge in [0.25, 0.3) is 0 Å². The average molecular weight is 217 g/mol. The minimum Gasteiger partial charge on any atom is -0.379 e. The number of carbonyl (C=O) groups excluding carboxylic acids is 1. The molecule has 4 heteroatoms. The number of hydrogen-bond donors (Lipinski definition) is 1. The van der Waals surface area contributed by atoms with Gasteiger partial charge in [-0.25, -0.2) is 0 Å². The Morgan fingerprint density at radius 2 is 1.73 bits per heavy atom. The lowest BCUT2D eigenvalue weighted by molar-refractivity contribution is -0.121. The summed E-state index contributed by atoms with van der Waals surface area (Å²) in [5.74, 6) is 0.690. The van der Waals surface area contributed by atoms with E-state index >= 15 is 0 Å². The van der Waals surface area contributed by atoms with E-state index in [4.69, 9.17) is 9.47 Å². The topological polar surface area (TPSA) is 47.6 Å². The van der Waals surface area contributed by atoms with Crippen LogP contribution in [0, 0.1) is 5.92 Å². The summed E-state index contributed by atoms with van der Waals surface area (Å²) in [7, 11) is 1.62. The highest BCUT2D eigenvalue weighted by molar-refractivity contribution is 5.75. The van der Waals surface area contributed by atoms with Gasteiger partial charge < -0.3 is 14.8 Å². The molecule has 0 unspecified atom stereocenters. The van der Waals surface area contributed by atoms with Gasteiger partial charge in [0.2, 0.25) is 5.91 Å². The number of amides is 1. The van der Waals surface area contributed by atoms with Crippen molar-refractivity contribution in [1.29, 1.82) is 0 Å². The number of ether oxygens (including phenoxy) is 2. The van der Waals surface area contributed by atoms with Crippen LogP contribution in [0.3, 0.4) is 0 Å². The second-order valence-electron chi connectivity index (χ2n) is 3.83. The Balaban J connectivity index is 3.02. The third-order valence-corrected chi connectivity index (χ3v) is 1.96. The molecule has 0 atom stereocenters. The highest BCUT2D eigenvalue weighted by Crippen LogP contribution is 1.98. The van der Waals surface area contributed by atoms with E-state index in [1.165, 1.54) is 0 Å². The maximum absolute atomic E-state index is 10.8. The second kappa shape index (κ2) is 9.93. The number of hydrogen-bond acceptors (Lipinski definition) is 3. The van der Waals surface area contributed by atoms with E-state index in [9.17, 15) is 4.79 Å². The van der Waals surface area contributed by atoms with E-state index in [0.717, 1.165) is 13.0 Å². The fourth-order valence-electron chi connectivity index (χ4n) is 0.931. The number of carbonyl (C=O) groups is 1. The fraction of sp³-hybridized carbons (Fsp3) is 0.909. The molecule has 90 valence electrons. The molecule has 0 aromatic heterocycles. The molecule has 15 heavy (non-hydrogen) atoms. The van der Waals surface area contributed by atoms with Gasteiger partial charge in [-0.15, -0.1) is 0 Å². The van der Waals surface area contributed by atoms with Gasteiger partial charge in [0, 0.05) is 20.1 Å². The Kier molecular flexibility index (Phi) is 9.52. The lowest BCUT2D eigenvalue weighted by Gasteiger charge is -2.06. The van der Waals surface area contributed by atoms with Crippen LogP contribution in [0.1, 0.15) is 26.7 Å². The lowest BCUT2D eigenvalue weighted by Crippen LogP contribution is -2.19. The zero-order valence-corrected chi connectivity index (χ0v) is 10.0. The molecule has 0 radical (unpaired) electrons. The Bertz CT molecular complexity index is 160. The van der Waals surface area contributed by atoms with E-state index < -0.39 is 0 Å². The van der Waals surface area contributed by atoms with Crippen molar-refractivity contribution in [2.75, 3.05) is 33.5 Å². The lowest BCUT2D eigenvalue weighted by atomic mass is 10.1. The van der Waals surface area contributed by atoms with Crippen LogP contribution in [-0.2, 0) is 14.3 Å². The van der Waals surface area contributed by atoms with Gasteiger partial charge >= 0.3 is 0 Å². The summed E-state index contributed by atoms with van der Waals surface area (Å²) in [6.45, 7) is 6.77. The van der Waals surface area contributed by atoms with Crippen LogP contribution in [0.5, 0.6) is 0 Å². The third kappa shape index (κ3) is 11.3. The van der Waals surface area contributed by atoms with Gasteiger partial charge in [-0.05, 0) is 12.3 Å². The van der Waals surface area contributed by atoms with Crippen molar-refractivity contribution in [2.45, 2.75) is 26.7 Å². The quantitative estimate of drug-likeness (QED) is 0.590. The molecular formula is C11H23NO3. The monoisotopic (exact) mass is 217 g/mol. The Morgan fingerprint density at radius 3 is 2.27 bits per heavy atom. The summed E-state index contributed by atoms with van der Waals surface area (Å²) >= 11 is 0. The van der Waals surface area contributed by atoms with Gasteiger partial charge in [0.15, 0.2) is 0 Å². The smallest absolute Gasteiger partial charge is 0.222 e. The van der Waals surface area contributed by atoms with Crippen molar-refractivity contribution in [2.24, 2.45) is 5.92 Å². The minimum absolute atomic E-state index is 0.00993. The molecule has 0 aliphatic heterocycles. The molecule has 1 amide bonds. The molecule has 0 fully saturated rings. The van der Waals surface area contributed by atoms with Crippen LogP contribution in [-0.4, -0.2) is 39.4 Å². The highest BCUT2D eigenvalue weighted by Gasteiger charge is 1.97. The van der Waals surface area contributed by atoms with Gasteiger partial charge in [-0.3, -0.25) is 4.79 Å². The molecule has 1 N–H and O–H groups in total. The molecule has 0 bridgehead atoms. The van der Waals surface area contributed by atoms with E-state index in [2.05, 4.69) is 19.2 Å². The molecule has 0 rings (SSSR count). The summed E-state index contributed by atoms with van der Waals surface area (Å²) in [4.78, 5) is 10.8. The number of nitrogens with one attached hydrogen (secondary N) is 1. The fourth-order valence-corrected chi connectivity index (χ4v) is 0.931. The van der Waals surface area contributed by atoms with Crippen molar-refractivity contribution in [1.82, 2.24) is 5.32 Å². The van der Waals surface area contributed by atoms with Crippen molar-refractivity contribution in [3.05, 3.63) is 0 Å². The summed E-state index contributed by atoms with van der Waals surface area (Å²) < 4.78 is 10.6. The summed E-state index contributed by atoms with van der Waals surface area (Å²) in [5, 5.41) is 2.54. The van der Waals surface area contributed by atoms with E-state index in [-0.39, 0.29) is 5.91 Å². The molecule has 0 spiro atoms. The first-order chi connectivity index (χ1) is 7.16. The zero-order chi connectivity index (χ0) is 11.5. The molecule has 0 aliphatic rings. The van der Waals surface area contributed by atoms with Crippen molar-refractivity contribution in [3.8, 4) is 0 Å². The average Bonchev–Trinajstić information content (AvgIpc) is 2.21. The largest absolute Gasteiger partial charge is 0.379 e. The van der Waals surface area contributed by atoms with Crippen LogP contribution in [0.15, 0.2) is 0 Å². The van der Waals surface area contributed by atoms with Crippen LogP contribution >= 0.6 is 0 Å². The minimum atomic E-state index is 0.00993. The first-order valence-electron chi connectivity index (χ1n) is 5.53. The molecule has 0 saturated heterocycles. The molecule has 0 heterocycles. The van der Waals surface area contributed by atoms with Crippen LogP contribution < -0.4 is 5.32 Å². The van der Waals surface area contributed by atoms with Gasteiger partial charge in [0.1, 0.15) is 0 Å². The zero-order valence-electron chi connectivity index (χ0n) is 10.0. The normalized spacial score (nSPS) is 10.7.